The SMILES string of the molecule is C[C@@H](NC(=O)Nc1nccnn1)C(=O)O. The molecule has 0 bridgehead atoms. The van der Waals surface area contributed by atoms with Crippen LogP contribution in [0.25, 0.3) is 0 Å². The normalized spacial score (nSPS) is 11.5. The van der Waals surface area contributed by atoms with Gasteiger partial charge in [-0.2, -0.15) is 5.10 Å². The number of aliphatic carboxylic acids is 1. The fourth-order valence-electron chi connectivity index (χ4n) is 0.701. The second-order valence-electron chi connectivity index (χ2n) is 2.62. The molecule has 0 fully saturated rings. The third-order valence-electron chi connectivity index (χ3n) is 1.43. The number of nitrogens with one attached hydrogen (secondary N) is 2. The van der Waals surface area contributed by atoms with Crippen LogP contribution in [0.2, 0.25) is 0 Å². The van der Waals surface area contributed by atoms with Crippen molar-refractivity contribution in [2.45, 2.75) is 13.0 Å². The molecule has 0 saturated heterocycles. The summed E-state index contributed by atoms with van der Waals surface area (Å²) in [7, 11) is 0. The molecule has 2 amide bonds. The molecule has 8 nitrogen and oxygen atoms in total. The Labute approximate surface area is 84.7 Å². The van der Waals surface area contributed by atoms with Gasteiger partial charge >= 0.3 is 12.0 Å². The minimum absolute atomic E-state index is 0.00703. The minimum Gasteiger partial charge on any atom is -0.480 e. The maximum atomic E-state index is 11.1. The number of hydrogen-bond acceptors (Lipinski definition) is 5. The zero-order valence-electron chi connectivity index (χ0n) is 7.84. The van der Waals surface area contributed by atoms with E-state index < -0.39 is 18.0 Å². The average molecular weight is 211 g/mol. The molecule has 1 atom stereocenters. The van der Waals surface area contributed by atoms with Gasteiger partial charge in [0.2, 0.25) is 0 Å². The van der Waals surface area contributed by atoms with Crippen LogP contribution < -0.4 is 10.6 Å². The van der Waals surface area contributed by atoms with Gasteiger partial charge in [-0.1, -0.05) is 0 Å². The lowest BCUT2D eigenvalue weighted by atomic mass is 10.3. The largest absolute Gasteiger partial charge is 0.480 e. The lowest BCUT2D eigenvalue weighted by Gasteiger charge is -2.08. The van der Waals surface area contributed by atoms with Gasteiger partial charge in [0.05, 0.1) is 12.4 Å². The molecule has 80 valence electrons. The van der Waals surface area contributed by atoms with Gasteiger partial charge < -0.3 is 10.4 Å². The van der Waals surface area contributed by atoms with Crippen molar-refractivity contribution < 1.29 is 14.7 Å². The third-order valence-corrected chi connectivity index (χ3v) is 1.43. The highest BCUT2D eigenvalue weighted by Crippen LogP contribution is 1.91. The Bertz CT molecular complexity index is 355. The first kappa shape index (κ1) is 10.8. The van der Waals surface area contributed by atoms with Crippen LogP contribution in [0.4, 0.5) is 10.7 Å². The second-order valence-corrected chi connectivity index (χ2v) is 2.62. The van der Waals surface area contributed by atoms with Gasteiger partial charge in [0.25, 0.3) is 5.95 Å². The van der Waals surface area contributed by atoms with Crippen LogP contribution in [0.5, 0.6) is 0 Å². The van der Waals surface area contributed by atoms with Crippen LogP contribution in [-0.4, -0.2) is 38.3 Å². The van der Waals surface area contributed by atoms with E-state index in [1.807, 2.05) is 0 Å². The summed E-state index contributed by atoms with van der Waals surface area (Å²) in [5, 5.41) is 19.9. The van der Waals surface area contributed by atoms with E-state index in [4.69, 9.17) is 5.11 Å². The van der Waals surface area contributed by atoms with E-state index in [0.717, 1.165) is 0 Å². The highest BCUT2D eigenvalue weighted by Gasteiger charge is 2.14. The van der Waals surface area contributed by atoms with E-state index in [1.54, 1.807) is 0 Å². The summed E-state index contributed by atoms with van der Waals surface area (Å²) in [4.78, 5) is 25.2. The highest BCUT2D eigenvalue weighted by atomic mass is 16.4. The topological polar surface area (TPSA) is 117 Å². The number of carbonyl (C=O) groups excluding carboxylic acids is 1. The number of nitrogens with zero attached hydrogens (tertiary/aromatic N) is 3. The molecule has 1 aromatic rings. The fourth-order valence-corrected chi connectivity index (χ4v) is 0.701. The molecule has 0 saturated carbocycles. The first-order valence-corrected chi connectivity index (χ1v) is 4.03. The Morgan fingerprint density at radius 3 is 2.73 bits per heavy atom. The number of anilines is 1. The van der Waals surface area contributed by atoms with Crippen molar-refractivity contribution in [1.82, 2.24) is 20.5 Å². The quantitative estimate of drug-likeness (QED) is 0.618. The summed E-state index contributed by atoms with van der Waals surface area (Å²) in [6.07, 6.45) is 2.70. The van der Waals surface area contributed by atoms with Gasteiger partial charge in [-0.3, -0.25) is 10.1 Å². The molecule has 1 aromatic heterocycles. The molecular weight excluding hydrogens is 202 g/mol. The Morgan fingerprint density at radius 2 is 2.20 bits per heavy atom. The maximum Gasteiger partial charge on any atom is 0.325 e. The van der Waals surface area contributed by atoms with E-state index in [-0.39, 0.29) is 5.95 Å². The van der Waals surface area contributed by atoms with Crippen LogP contribution in [0, 0.1) is 0 Å². The minimum atomic E-state index is -1.13. The van der Waals surface area contributed by atoms with E-state index in [1.165, 1.54) is 19.3 Å². The van der Waals surface area contributed by atoms with Crippen molar-refractivity contribution in [2.24, 2.45) is 0 Å². The number of hydrogen-bond donors (Lipinski definition) is 3. The number of carboxylic acids is 1. The van der Waals surface area contributed by atoms with Gasteiger partial charge in [-0.25, -0.2) is 9.78 Å². The predicted octanol–water partition coefficient (Wildman–Crippen LogP) is -0.534. The van der Waals surface area contributed by atoms with Crippen molar-refractivity contribution in [3.05, 3.63) is 12.4 Å². The molecule has 0 aliphatic heterocycles. The van der Waals surface area contributed by atoms with E-state index in [0.29, 0.717) is 0 Å². The Balaban J connectivity index is 2.47. The number of urea groups is 1. The van der Waals surface area contributed by atoms with Crippen molar-refractivity contribution in [3.63, 3.8) is 0 Å². The van der Waals surface area contributed by atoms with Gasteiger partial charge in [0.1, 0.15) is 6.04 Å². The first-order valence-electron chi connectivity index (χ1n) is 4.03. The summed E-state index contributed by atoms with van der Waals surface area (Å²) in [5.41, 5.74) is 0. The highest BCUT2D eigenvalue weighted by molar-refractivity contribution is 5.90. The summed E-state index contributed by atoms with van der Waals surface area (Å²) in [6, 6.07) is -1.68. The van der Waals surface area contributed by atoms with Crippen LogP contribution >= 0.6 is 0 Å². The number of rotatable bonds is 3. The van der Waals surface area contributed by atoms with Gasteiger partial charge in [0.15, 0.2) is 0 Å². The van der Waals surface area contributed by atoms with Crippen molar-refractivity contribution in [3.8, 4) is 0 Å². The second kappa shape index (κ2) is 4.84. The summed E-state index contributed by atoms with van der Waals surface area (Å²) < 4.78 is 0. The molecule has 0 radical (unpaired) electrons. The third kappa shape index (κ3) is 3.55. The van der Waals surface area contributed by atoms with Crippen molar-refractivity contribution in [1.29, 1.82) is 0 Å². The Morgan fingerprint density at radius 1 is 1.47 bits per heavy atom. The van der Waals surface area contributed by atoms with Crippen molar-refractivity contribution in [2.75, 3.05) is 5.32 Å². The molecule has 0 aromatic carbocycles. The number of aromatic nitrogens is 3. The molecule has 0 aliphatic carbocycles. The zero-order chi connectivity index (χ0) is 11.3. The van der Waals surface area contributed by atoms with Crippen LogP contribution in [0.3, 0.4) is 0 Å². The van der Waals surface area contributed by atoms with Gasteiger partial charge in [0, 0.05) is 0 Å². The van der Waals surface area contributed by atoms with Crippen molar-refractivity contribution >= 4 is 17.9 Å². The van der Waals surface area contributed by atoms with Crippen LogP contribution in [-0.2, 0) is 4.79 Å². The smallest absolute Gasteiger partial charge is 0.325 e. The molecule has 0 spiro atoms. The van der Waals surface area contributed by atoms with Gasteiger partial charge in [-0.05, 0) is 6.92 Å². The maximum absolute atomic E-state index is 11.1. The fraction of sp³-hybridized carbons (Fsp3) is 0.286. The molecule has 8 heteroatoms. The van der Waals surface area contributed by atoms with E-state index >= 15 is 0 Å². The molecular formula is C7H9N5O3. The molecule has 1 rings (SSSR count). The molecule has 0 unspecified atom stereocenters. The average Bonchev–Trinajstić information content (AvgIpc) is 2.18. The number of carbonyl (C=O) groups is 2. The lowest BCUT2D eigenvalue weighted by Crippen LogP contribution is -2.41. The summed E-state index contributed by atoms with van der Waals surface area (Å²) in [5.74, 6) is -1.12. The molecule has 1 heterocycles. The first-order chi connectivity index (χ1) is 7.09. The predicted molar refractivity (Wildman–Crippen MR) is 49.1 cm³/mol. The zero-order valence-corrected chi connectivity index (χ0v) is 7.84. The van der Waals surface area contributed by atoms with Gasteiger partial charge in [-0.15, -0.1) is 5.10 Å². The standard InChI is InChI=1S/C7H9N5O3/c1-4(5(13)14)10-7(15)11-6-8-2-3-9-12-6/h2-4H,1H3,(H,13,14)(H2,8,10,11,12,15)/t4-/m1/s1. The molecule has 15 heavy (non-hydrogen) atoms. The molecule has 0 aliphatic rings. The number of carboxylic acid groups (broad SMARTS) is 1. The molecule has 3 N–H and O–H groups in total. The van der Waals surface area contributed by atoms with E-state index in [9.17, 15) is 9.59 Å². The van der Waals surface area contributed by atoms with Crippen LogP contribution in [0.1, 0.15) is 6.92 Å². The van der Waals surface area contributed by atoms with E-state index in [2.05, 4.69) is 25.8 Å². The Kier molecular flexibility index (Phi) is 3.49. The summed E-state index contributed by atoms with van der Waals surface area (Å²) >= 11 is 0. The number of amides is 2. The monoisotopic (exact) mass is 211 g/mol. The summed E-state index contributed by atoms with van der Waals surface area (Å²) in [6.45, 7) is 1.34. The van der Waals surface area contributed by atoms with Crippen LogP contribution in [0.15, 0.2) is 12.4 Å². The lowest BCUT2D eigenvalue weighted by molar-refractivity contribution is -0.138. The Hall–Kier alpha value is -2.25.